The molecule has 0 N–H and O–H groups in total. The van der Waals surface area contributed by atoms with Gasteiger partial charge in [-0.1, -0.05) is 157 Å². The van der Waals surface area contributed by atoms with E-state index in [-0.39, 0.29) is 60.8 Å². The third-order valence-corrected chi connectivity index (χ3v) is 33.7. The Bertz CT molecular complexity index is 4270. The molecule has 9 aromatic carbocycles. The van der Waals surface area contributed by atoms with Crippen LogP contribution < -0.4 is 14.2 Å². The maximum absolute atomic E-state index is 11.3. The van der Waals surface area contributed by atoms with Crippen molar-refractivity contribution >= 4 is 124 Å². The molecule has 0 aromatic heterocycles. The minimum atomic E-state index is -4.61. The van der Waals surface area contributed by atoms with Crippen LogP contribution in [0.1, 0.15) is 118 Å². The van der Waals surface area contributed by atoms with Crippen molar-refractivity contribution in [3.8, 4) is 17.2 Å². The Hall–Kier alpha value is -6.52. The fraction of sp³-hybridized carbons (Fsp3) is 0.360. The molecule has 3 aliphatic heterocycles. The van der Waals surface area contributed by atoms with Gasteiger partial charge in [0.1, 0.15) is 122 Å². The highest BCUT2D eigenvalue weighted by atomic mass is 32.2. The van der Waals surface area contributed by atoms with E-state index in [9.17, 15) is 53.3 Å². The van der Waals surface area contributed by atoms with Crippen molar-refractivity contribution in [1.82, 2.24) is 0 Å². The lowest BCUT2D eigenvalue weighted by atomic mass is 10.1. The van der Waals surface area contributed by atoms with Gasteiger partial charge in [-0.2, -0.15) is 0 Å². The Balaban J connectivity index is 0.000000184. The molecule has 590 valence electrons. The van der Waals surface area contributed by atoms with E-state index in [2.05, 4.69) is 191 Å². The van der Waals surface area contributed by atoms with Crippen molar-refractivity contribution in [3.63, 3.8) is 0 Å². The molecular weight excluding hydrogens is 1560 g/mol. The normalized spacial score (nSPS) is 13.8. The molecule has 3 saturated heterocycles. The van der Waals surface area contributed by atoms with E-state index in [0.717, 1.165) is 24.3 Å². The molecule has 3 aliphatic rings. The second kappa shape index (κ2) is 49.2. The summed E-state index contributed by atoms with van der Waals surface area (Å²) in [5.74, 6) is 6.93. The Labute approximate surface area is 671 Å². The fourth-order valence-electron chi connectivity index (χ4n) is 11.8. The van der Waals surface area contributed by atoms with Crippen molar-refractivity contribution in [3.05, 3.63) is 237 Å². The van der Waals surface area contributed by atoms with Gasteiger partial charge in [-0.05, 0) is 203 Å². The molecule has 0 saturated carbocycles. The largest absolute Gasteiger partial charge is 0.748 e. The lowest BCUT2D eigenvalue weighted by Gasteiger charge is -2.09. The smallest absolute Gasteiger partial charge is 0.325 e. The van der Waals surface area contributed by atoms with E-state index < -0.39 is 65.5 Å². The predicted molar refractivity (Wildman–Crippen MR) is 456 cm³/mol. The number of hydrogen-bond donors (Lipinski definition) is 0. The fourth-order valence-corrected chi connectivity index (χ4v) is 27.0. The van der Waals surface area contributed by atoms with Gasteiger partial charge >= 0.3 is 17.9 Å². The second-order valence-electron chi connectivity index (χ2n) is 26.0. The molecule has 3 fully saturated rings. The first-order valence-electron chi connectivity index (χ1n) is 37.5. The minimum Gasteiger partial charge on any atom is -0.748 e. The Morgan fingerprint density at radius 3 is 0.918 bits per heavy atom. The molecule has 24 heteroatoms. The lowest BCUT2D eigenvalue weighted by Crippen LogP contribution is -2.20. The topological polar surface area (TPSA) is 250 Å². The zero-order chi connectivity index (χ0) is 79.0. The molecule has 12 rings (SSSR count). The van der Waals surface area contributed by atoms with E-state index >= 15 is 0 Å². The van der Waals surface area contributed by atoms with Crippen LogP contribution in [0.3, 0.4) is 0 Å². The van der Waals surface area contributed by atoms with Crippen LogP contribution in [-0.2, 0) is 110 Å². The summed E-state index contributed by atoms with van der Waals surface area (Å²) in [5, 5.41) is 2.87. The van der Waals surface area contributed by atoms with Gasteiger partial charge in [0.05, 0.1) is 10.9 Å². The quantitative estimate of drug-likeness (QED) is 0.0183. The van der Waals surface area contributed by atoms with E-state index in [0.29, 0.717) is 21.8 Å². The maximum atomic E-state index is 11.3. The summed E-state index contributed by atoms with van der Waals surface area (Å²) in [6.07, 6.45) is 17.9. The zero-order valence-electron chi connectivity index (χ0n) is 63.4. The van der Waals surface area contributed by atoms with Gasteiger partial charge in [-0.25, -0.2) is 25.3 Å². The van der Waals surface area contributed by atoms with Gasteiger partial charge in [0.25, 0.3) is 0 Å². The van der Waals surface area contributed by atoms with Gasteiger partial charge in [0, 0.05) is 59.9 Å². The van der Waals surface area contributed by atoms with Gasteiger partial charge in [0.15, 0.2) is 39.2 Å². The van der Waals surface area contributed by atoms with Gasteiger partial charge in [0.2, 0.25) is 0 Å². The van der Waals surface area contributed by atoms with Crippen molar-refractivity contribution in [2.45, 2.75) is 157 Å². The lowest BCUT2D eigenvalue weighted by molar-refractivity contribution is -0.132. The van der Waals surface area contributed by atoms with Crippen molar-refractivity contribution < 1.29 is 67.5 Å². The molecule has 0 amide bonds. The Kier molecular flexibility index (Phi) is 40.5. The SMILES string of the molecule is CCCC[S+](CCCC)c1ccc(OC(=O)CS(=O)(=O)[O-])cc1.CCCC[S+](CCCC)c1ccccc1.O=C(CS(=O)(=O)[O-])Oc1ccc([S+]2CCCC2)cc1.O=C(CS(=O)(=O)[O-])Oc1ccc([S+]2CCCC2)cc1.c1ccc([S+](c2ccccc2)c2ccccc2)cc1.c1ccc2c([S+]3CCCC3)cccc2c1. The highest BCUT2D eigenvalue weighted by Gasteiger charge is 2.31. The van der Waals surface area contributed by atoms with Crippen LogP contribution in [0.4, 0.5) is 0 Å². The maximum Gasteiger partial charge on any atom is 0.325 e. The molecule has 110 heavy (non-hydrogen) atoms. The number of benzene rings is 9. The van der Waals surface area contributed by atoms with Crippen molar-refractivity contribution in [2.24, 2.45) is 0 Å². The number of rotatable bonds is 29. The summed E-state index contributed by atoms with van der Waals surface area (Å²) in [6.45, 7) is 8.92. The summed E-state index contributed by atoms with van der Waals surface area (Å²) in [7, 11) is -12.0. The Morgan fingerprint density at radius 2 is 0.600 bits per heavy atom. The first kappa shape index (κ1) is 90.7. The number of fused-ring (bicyclic) bond motifs is 1. The second-order valence-corrected chi connectivity index (χ2v) is 43.6. The summed E-state index contributed by atoms with van der Waals surface area (Å²) in [4.78, 5) is 44.6. The molecule has 3 heterocycles. The molecular formula is C86H105O15S9+3. The number of unbranched alkanes of at least 4 members (excludes halogenated alkanes) is 4. The first-order chi connectivity index (χ1) is 53.0. The minimum absolute atomic E-state index is 0.0146. The van der Waals surface area contributed by atoms with Crippen molar-refractivity contribution in [1.29, 1.82) is 0 Å². The molecule has 9 aromatic rings. The number of carbonyl (C=O) groups is 3. The highest BCUT2D eigenvalue weighted by Crippen LogP contribution is 2.33. The highest BCUT2D eigenvalue weighted by molar-refractivity contribution is 7.98. The third kappa shape index (κ3) is 34.4. The van der Waals surface area contributed by atoms with Crippen LogP contribution in [-0.4, -0.2) is 132 Å². The van der Waals surface area contributed by atoms with Crippen LogP contribution >= 0.6 is 0 Å². The predicted octanol–water partition coefficient (Wildman–Crippen LogP) is 17.2. The average Bonchev–Trinajstić information content (AvgIpc) is 1.24. The van der Waals surface area contributed by atoms with Crippen LogP contribution in [0.15, 0.2) is 276 Å². The number of esters is 3. The van der Waals surface area contributed by atoms with Gasteiger partial charge in [-0.3, -0.25) is 14.4 Å². The molecule has 15 nitrogen and oxygen atoms in total. The van der Waals surface area contributed by atoms with Gasteiger partial charge in [-0.15, -0.1) is 0 Å². The number of carbonyl (C=O) groups excluding carboxylic acids is 3. The van der Waals surface area contributed by atoms with Crippen LogP contribution in [0.5, 0.6) is 17.2 Å². The molecule has 0 unspecified atom stereocenters. The monoisotopic (exact) mass is 1670 g/mol. The average molecular weight is 1670 g/mol. The van der Waals surface area contributed by atoms with Crippen molar-refractivity contribution in [2.75, 3.05) is 74.8 Å². The number of hydrogen-bond acceptors (Lipinski definition) is 15. The summed E-state index contributed by atoms with van der Waals surface area (Å²) < 4.78 is 108. The van der Waals surface area contributed by atoms with E-state index in [4.69, 9.17) is 14.2 Å². The third-order valence-electron chi connectivity index (χ3n) is 17.2. The summed E-state index contributed by atoms with van der Waals surface area (Å²) in [5.41, 5.74) is 0. The summed E-state index contributed by atoms with van der Waals surface area (Å²) in [6, 6.07) is 80.0. The summed E-state index contributed by atoms with van der Waals surface area (Å²) >= 11 is 0. The van der Waals surface area contributed by atoms with E-state index in [1.54, 1.807) is 46.2 Å². The first-order valence-corrected chi connectivity index (χ1v) is 51.3. The molecule has 0 spiro atoms. The molecule has 0 aliphatic carbocycles. The van der Waals surface area contributed by atoms with Crippen LogP contribution in [0.2, 0.25) is 0 Å². The zero-order valence-corrected chi connectivity index (χ0v) is 70.8. The molecule has 0 bridgehead atoms. The van der Waals surface area contributed by atoms with Crippen LogP contribution in [0.25, 0.3) is 10.8 Å². The number of ether oxygens (including phenoxy) is 3. The molecule has 0 radical (unpaired) electrons. The molecule has 0 atom stereocenters. The Morgan fingerprint density at radius 1 is 0.327 bits per heavy atom. The van der Waals surface area contributed by atoms with Gasteiger partial charge < -0.3 is 27.9 Å². The van der Waals surface area contributed by atoms with Crippen LogP contribution in [0, 0.1) is 0 Å². The van der Waals surface area contributed by atoms with E-state index in [1.165, 1.54) is 163 Å². The van der Waals surface area contributed by atoms with E-state index in [1.807, 2.05) is 36.4 Å². The standard InChI is InChI=1S/C18H15S.C16H24O5S2.C14H15S.C14H23S.2C12H14O5S2/c1-4-10-16(11-5-1)19(17-12-6-2-7-13-17)18-14-8-3-9-15-18;1-3-5-11-22(12-6-4-2)15-9-7-14(8-10-15)21-16(17)13-23(18,19)20;1-2-8-13-12(6-1)7-5-9-14(13)15-10-3-4-11-15;1-3-5-12-15(13-6-4-2)14-10-8-7-9-11-14;2*13-12(9-19(14,15)16)17-10-3-5-11(6-4-10)18-7-1-2-8-18/h1-15H;7-10H,3-6,11-13H2,1-2H3;1-2,5-9H,3-4,10-11H2;7-11H,3-6,12-13H2,1-2H3;2*3-6H,1-2,7-9H2/q+1;;2*+1;;.